The summed E-state index contributed by atoms with van der Waals surface area (Å²) < 4.78 is 7.27. The number of thiophene rings is 1. The Morgan fingerprint density at radius 3 is 2.91 bits per heavy atom. The van der Waals surface area contributed by atoms with Crippen molar-refractivity contribution in [3.05, 3.63) is 64.6 Å². The number of amides is 2. The van der Waals surface area contributed by atoms with Crippen LogP contribution in [0.3, 0.4) is 0 Å². The molecule has 176 valence electrons. The zero-order valence-corrected chi connectivity index (χ0v) is 20.1. The van der Waals surface area contributed by atoms with Gasteiger partial charge in [-0.3, -0.25) is 9.59 Å². The lowest BCUT2D eigenvalue weighted by atomic mass is 10.0. The number of nitriles is 1. The first-order valence-electron chi connectivity index (χ1n) is 11.2. The van der Waals surface area contributed by atoms with Gasteiger partial charge in [0.2, 0.25) is 11.8 Å². The summed E-state index contributed by atoms with van der Waals surface area (Å²) in [7, 11) is 1.61. The number of aryl methyl sites for hydroxylation is 1. The Bertz CT molecular complexity index is 1210. The van der Waals surface area contributed by atoms with Crippen molar-refractivity contribution in [2.24, 2.45) is 0 Å². The zero-order valence-electron chi connectivity index (χ0n) is 19.3. The molecule has 4 rings (SSSR count). The van der Waals surface area contributed by atoms with Crippen LogP contribution in [0.4, 0.5) is 5.00 Å². The fourth-order valence-electron chi connectivity index (χ4n) is 4.19. The average molecular weight is 478 g/mol. The van der Waals surface area contributed by atoms with E-state index >= 15 is 0 Å². The van der Waals surface area contributed by atoms with Crippen molar-refractivity contribution in [1.29, 1.82) is 5.26 Å². The normalized spacial score (nSPS) is 13.6. The van der Waals surface area contributed by atoms with Crippen LogP contribution in [0.25, 0.3) is 0 Å². The molecule has 3 aromatic rings. The van der Waals surface area contributed by atoms with Gasteiger partial charge in [-0.1, -0.05) is 18.2 Å². The summed E-state index contributed by atoms with van der Waals surface area (Å²) in [5, 5.41) is 13.2. The van der Waals surface area contributed by atoms with Gasteiger partial charge >= 0.3 is 0 Å². The second-order valence-corrected chi connectivity index (χ2v) is 9.41. The number of imidazole rings is 1. The minimum Gasteiger partial charge on any atom is -0.496 e. The molecule has 34 heavy (non-hydrogen) atoms. The third kappa shape index (κ3) is 5.13. The van der Waals surface area contributed by atoms with Crippen LogP contribution in [0.1, 0.15) is 47.4 Å². The Labute approximate surface area is 202 Å². The smallest absolute Gasteiger partial charge is 0.225 e. The molecule has 0 spiro atoms. The summed E-state index contributed by atoms with van der Waals surface area (Å²) in [6.07, 6.45) is 7.09. The summed E-state index contributed by atoms with van der Waals surface area (Å²) >= 11 is 1.39. The Balaban J connectivity index is 1.39. The van der Waals surface area contributed by atoms with Crippen molar-refractivity contribution >= 4 is 28.2 Å². The lowest BCUT2D eigenvalue weighted by Crippen LogP contribution is -2.36. The number of carbonyl (C=O) groups is 2. The highest BCUT2D eigenvalue weighted by Gasteiger charge is 2.28. The third-order valence-corrected chi connectivity index (χ3v) is 7.22. The van der Waals surface area contributed by atoms with Crippen molar-refractivity contribution in [3.8, 4) is 11.8 Å². The second kappa shape index (κ2) is 10.5. The number of anilines is 1. The van der Waals surface area contributed by atoms with Crippen LogP contribution < -0.4 is 10.1 Å². The summed E-state index contributed by atoms with van der Waals surface area (Å²) in [6.45, 7) is 3.02. The Kier molecular flexibility index (Phi) is 7.28. The molecule has 0 aliphatic carbocycles. The number of nitrogens with zero attached hydrogens (tertiary/aromatic N) is 4. The minimum atomic E-state index is -0.150. The quantitative estimate of drug-likeness (QED) is 0.530. The van der Waals surface area contributed by atoms with Crippen LogP contribution >= 0.6 is 11.3 Å². The molecule has 3 heterocycles. The molecule has 1 unspecified atom stereocenters. The van der Waals surface area contributed by atoms with Gasteiger partial charge < -0.3 is 19.5 Å². The molecule has 1 N–H and O–H groups in total. The molecule has 2 aromatic heterocycles. The van der Waals surface area contributed by atoms with Crippen LogP contribution in [0.5, 0.6) is 5.75 Å². The fraction of sp³-hybridized carbons (Fsp3) is 0.360. The summed E-state index contributed by atoms with van der Waals surface area (Å²) in [5.74, 6) is 0.677. The van der Waals surface area contributed by atoms with Crippen molar-refractivity contribution in [2.45, 2.75) is 45.2 Å². The largest absolute Gasteiger partial charge is 0.496 e. The molecule has 0 bridgehead atoms. The van der Waals surface area contributed by atoms with E-state index in [2.05, 4.69) is 16.4 Å². The van der Waals surface area contributed by atoms with E-state index in [1.54, 1.807) is 19.6 Å². The highest BCUT2D eigenvalue weighted by Crippen LogP contribution is 2.37. The summed E-state index contributed by atoms with van der Waals surface area (Å²) in [4.78, 5) is 32.4. The number of hydrogen-bond acceptors (Lipinski definition) is 6. The number of hydrogen-bond donors (Lipinski definition) is 1. The number of ether oxygens (including phenoxy) is 1. The van der Waals surface area contributed by atoms with Gasteiger partial charge in [0.05, 0.1) is 25.5 Å². The van der Waals surface area contributed by atoms with Gasteiger partial charge in [0, 0.05) is 42.7 Å². The number of para-hydroxylation sites is 1. The van der Waals surface area contributed by atoms with Crippen LogP contribution in [0.2, 0.25) is 0 Å². The molecule has 9 heteroatoms. The number of methoxy groups -OCH3 is 1. The molecule has 0 radical (unpaired) electrons. The van der Waals surface area contributed by atoms with Gasteiger partial charge in [0.1, 0.15) is 16.8 Å². The monoisotopic (exact) mass is 477 g/mol. The number of fused-ring (bicyclic) bond motifs is 1. The van der Waals surface area contributed by atoms with E-state index in [4.69, 9.17) is 4.74 Å². The molecule has 1 aliphatic rings. The first-order chi connectivity index (χ1) is 16.5. The SMILES string of the molecule is COc1ccccc1CCC(=O)Nc1sc2c(c1C#N)CCN(C(=O)CC(C)n1ccnc1)C2. The van der Waals surface area contributed by atoms with Crippen LogP contribution in [-0.4, -0.2) is 39.9 Å². The zero-order chi connectivity index (χ0) is 24.1. The topological polar surface area (TPSA) is 100 Å². The second-order valence-electron chi connectivity index (χ2n) is 8.31. The van der Waals surface area contributed by atoms with Gasteiger partial charge in [-0.2, -0.15) is 5.26 Å². The summed E-state index contributed by atoms with van der Waals surface area (Å²) in [6, 6.07) is 9.90. The van der Waals surface area contributed by atoms with Crippen LogP contribution in [-0.2, 0) is 29.0 Å². The van der Waals surface area contributed by atoms with E-state index in [9.17, 15) is 14.9 Å². The minimum absolute atomic E-state index is 0.0208. The first-order valence-corrected chi connectivity index (χ1v) is 12.0. The standard InChI is InChI=1S/C25H27N5O3S/c1-17(30-12-10-27-16-30)13-24(32)29-11-9-19-20(14-26)25(34-22(19)15-29)28-23(31)8-7-18-5-3-4-6-21(18)33-2/h3-6,10,12,16-17H,7-9,11,13,15H2,1-2H3,(H,28,31). The van der Waals surface area contributed by atoms with Crippen LogP contribution in [0, 0.1) is 11.3 Å². The van der Waals surface area contributed by atoms with Gasteiger partial charge in [-0.15, -0.1) is 11.3 Å². The maximum absolute atomic E-state index is 12.9. The molecule has 2 amide bonds. The van der Waals surface area contributed by atoms with E-state index < -0.39 is 0 Å². The number of nitrogens with one attached hydrogen (secondary N) is 1. The lowest BCUT2D eigenvalue weighted by Gasteiger charge is -2.28. The van der Waals surface area contributed by atoms with Gasteiger partial charge in [0.25, 0.3) is 0 Å². The predicted molar refractivity (Wildman–Crippen MR) is 130 cm³/mol. The van der Waals surface area contributed by atoms with Crippen molar-refractivity contribution in [3.63, 3.8) is 0 Å². The first kappa shape index (κ1) is 23.5. The maximum Gasteiger partial charge on any atom is 0.225 e. The van der Waals surface area contributed by atoms with Crippen LogP contribution in [0.15, 0.2) is 43.0 Å². The van der Waals surface area contributed by atoms with E-state index in [-0.39, 0.29) is 24.3 Å². The third-order valence-electron chi connectivity index (χ3n) is 6.09. The molecule has 0 saturated carbocycles. The fourth-order valence-corrected chi connectivity index (χ4v) is 5.42. The molecule has 1 atom stereocenters. The summed E-state index contributed by atoms with van der Waals surface area (Å²) in [5.41, 5.74) is 2.42. The molecule has 8 nitrogen and oxygen atoms in total. The predicted octanol–water partition coefficient (Wildman–Crippen LogP) is 3.93. The van der Waals surface area contributed by atoms with Crippen molar-refractivity contribution in [1.82, 2.24) is 14.5 Å². The molecule has 1 aromatic carbocycles. The maximum atomic E-state index is 12.9. The number of aromatic nitrogens is 2. The number of rotatable bonds is 8. The van der Waals surface area contributed by atoms with Crippen molar-refractivity contribution in [2.75, 3.05) is 19.0 Å². The molecular formula is C25H27N5O3S. The van der Waals surface area contributed by atoms with Crippen molar-refractivity contribution < 1.29 is 14.3 Å². The Morgan fingerprint density at radius 2 is 2.18 bits per heavy atom. The van der Waals surface area contributed by atoms with Gasteiger partial charge in [0.15, 0.2) is 0 Å². The van der Waals surface area contributed by atoms with E-state index in [1.807, 2.05) is 46.9 Å². The average Bonchev–Trinajstić information content (AvgIpc) is 3.50. The van der Waals surface area contributed by atoms with E-state index in [0.29, 0.717) is 42.9 Å². The number of carbonyl (C=O) groups excluding carboxylic acids is 2. The molecule has 0 saturated heterocycles. The Morgan fingerprint density at radius 1 is 1.35 bits per heavy atom. The number of benzene rings is 1. The lowest BCUT2D eigenvalue weighted by molar-refractivity contribution is -0.132. The van der Waals surface area contributed by atoms with E-state index in [1.165, 1.54) is 11.3 Å². The molecule has 1 aliphatic heterocycles. The Hall–Kier alpha value is -3.64. The van der Waals surface area contributed by atoms with Gasteiger partial charge in [-0.05, 0) is 37.0 Å². The highest BCUT2D eigenvalue weighted by molar-refractivity contribution is 7.16. The van der Waals surface area contributed by atoms with Gasteiger partial charge in [-0.25, -0.2) is 4.98 Å². The van der Waals surface area contributed by atoms with E-state index in [0.717, 1.165) is 21.8 Å². The highest BCUT2D eigenvalue weighted by atomic mass is 32.1. The molecular weight excluding hydrogens is 450 g/mol. The molecule has 0 fully saturated rings.